The average Bonchev–Trinajstić information content (AvgIpc) is 2.03. The average molecular weight is 154 g/mol. The Morgan fingerprint density at radius 2 is 2.09 bits per heavy atom. The molecule has 11 heavy (non-hydrogen) atoms. The number of hydrogen-bond acceptors (Lipinski definition) is 1. The molecule has 64 valence electrons. The van der Waals surface area contributed by atoms with Gasteiger partial charge in [-0.1, -0.05) is 18.7 Å². The summed E-state index contributed by atoms with van der Waals surface area (Å²) in [6.45, 7) is 6.35. The van der Waals surface area contributed by atoms with Crippen LogP contribution in [-0.2, 0) is 4.74 Å². The van der Waals surface area contributed by atoms with E-state index in [1.165, 1.54) is 25.5 Å². The molecule has 0 fully saturated rings. The maximum absolute atomic E-state index is 4.99. The Labute approximate surface area is 69.8 Å². The number of rotatable bonds is 7. The van der Waals surface area contributed by atoms with E-state index < -0.39 is 0 Å². The molecule has 0 aromatic heterocycles. The lowest BCUT2D eigenvalue weighted by Crippen LogP contribution is -1.86. The van der Waals surface area contributed by atoms with Gasteiger partial charge in [0.2, 0.25) is 0 Å². The molecule has 0 saturated carbocycles. The summed E-state index contributed by atoms with van der Waals surface area (Å²) in [6, 6.07) is 0. The molecule has 0 aliphatic heterocycles. The Hall–Kier alpha value is -0.720. The summed E-state index contributed by atoms with van der Waals surface area (Å²) < 4.78 is 4.99. The molecule has 0 radical (unpaired) electrons. The first kappa shape index (κ1) is 10.3. The van der Waals surface area contributed by atoms with Crippen molar-refractivity contribution in [3.05, 3.63) is 25.0 Å². The summed E-state index contributed by atoms with van der Waals surface area (Å²) in [4.78, 5) is 0. The van der Waals surface area contributed by atoms with Crippen molar-refractivity contribution in [2.45, 2.75) is 32.6 Å². The van der Waals surface area contributed by atoms with Crippen molar-refractivity contribution in [1.82, 2.24) is 0 Å². The van der Waals surface area contributed by atoms with Crippen LogP contribution in [-0.4, -0.2) is 6.61 Å². The van der Waals surface area contributed by atoms with E-state index in [-0.39, 0.29) is 0 Å². The minimum Gasteiger partial charge on any atom is -0.502 e. The molecule has 1 nitrogen and oxygen atoms in total. The van der Waals surface area contributed by atoms with Crippen molar-refractivity contribution < 1.29 is 4.74 Å². The molecule has 0 unspecified atom stereocenters. The second-order valence-corrected chi connectivity index (χ2v) is 2.46. The third-order valence-corrected chi connectivity index (χ3v) is 1.49. The Balaban J connectivity index is 2.84. The van der Waals surface area contributed by atoms with Gasteiger partial charge in [-0.3, -0.25) is 0 Å². The summed E-state index contributed by atoms with van der Waals surface area (Å²) in [5.74, 6) is 0. The highest BCUT2D eigenvalue weighted by molar-refractivity contribution is 4.76. The van der Waals surface area contributed by atoms with E-state index in [9.17, 15) is 0 Å². The van der Waals surface area contributed by atoms with Crippen LogP contribution in [0.15, 0.2) is 25.0 Å². The predicted molar refractivity (Wildman–Crippen MR) is 49.4 cm³/mol. The normalized spacial score (nSPS) is 10.3. The highest BCUT2D eigenvalue weighted by Crippen LogP contribution is 2.00. The highest BCUT2D eigenvalue weighted by Gasteiger charge is 1.85. The largest absolute Gasteiger partial charge is 0.502 e. The molecule has 0 spiro atoms. The Morgan fingerprint density at radius 3 is 2.73 bits per heavy atom. The van der Waals surface area contributed by atoms with E-state index >= 15 is 0 Å². The second-order valence-electron chi connectivity index (χ2n) is 2.46. The van der Waals surface area contributed by atoms with Crippen LogP contribution in [0.5, 0.6) is 0 Å². The van der Waals surface area contributed by atoms with Gasteiger partial charge in [0, 0.05) is 0 Å². The Bertz CT molecular complexity index is 105. The van der Waals surface area contributed by atoms with Crippen molar-refractivity contribution in [3.63, 3.8) is 0 Å². The third kappa shape index (κ3) is 9.28. The van der Waals surface area contributed by atoms with E-state index in [0.717, 1.165) is 13.0 Å². The summed E-state index contributed by atoms with van der Waals surface area (Å²) in [7, 11) is 0. The zero-order valence-electron chi connectivity index (χ0n) is 7.38. The van der Waals surface area contributed by atoms with E-state index in [0.29, 0.717) is 0 Å². The fourth-order valence-electron chi connectivity index (χ4n) is 0.874. The van der Waals surface area contributed by atoms with Gasteiger partial charge in [-0.2, -0.15) is 0 Å². The standard InChI is InChI=1S/C10H18O/c1-3-5-6-7-8-9-10-11-4-2/h3-5H,2,6-10H2,1H3. The summed E-state index contributed by atoms with van der Waals surface area (Å²) in [5.41, 5.74) is 0. The number of ether oxygens (including phenoxy) is 1. The molecule has 0 rings (SSSR count). The number of hydrogen-bond donors (Lipinski definition) is 0. The van der Waals surface area contributed by atoms with Crippen LogP contribution in [0, 0.1) is 0 Å². The van der Waals surface area contributed by atoms with Crippen LogP contribution in [0.2, 0.25) is 0 Å². The summed E-state index contributed by atoms with van der Waals surface area (Å²) in [5, 5.41) is 0. The SMILES string of the molecule is C=COCCCCCC=CC. The smallest absolute Gasteiger partial charge is 0.0873 e. The molecule has 0 amide bonds. The molecule has 0 aromatic carbocycles. The van der Waals surface area contributed by atoms with Crippen molar-refractivity contribution in [3.8, 4) is 0 Å². The van der Waals surface area contributed by atoms with E-state index in [4.69, 9.17) is 4.74 Å². The topological polar surface area (TPSA) is 9.23 Å². The molecule has 0 aliphatic carbocycles. The zero-order valence-corrected chi connectivity index (χ0v) is 7.38. The molecule has 0 aliphatic rings. The highest BCUT2D eigenvalue weighted by atomic mass is 16.5. The maximum Gasteiger partial charge on any atom is 0.0873 e. The maximum atomic E-state index is 4.99. The van der Waals surface area contributed by atoms with Gasteiger partial charge < -0.3 is 4.74 Å². The van der Waals surface area contributed by atoms with E-state index in [2.05, 4.69) is 25.7 Å². The van der Waals surface area contributed by atoms with Crippen LogP contribution in [0.25, 0.3) is 0 Å². The minimum absolute atomic E-state index is 0.819. The van der Waals surface area contributed by atoms with Gasteiger partial charge in [-0.05, 0) is 32.6 Å². The molecule has 0 aromatic rings. The lowest BCUT2D eigenvalue weighted by atomic mass is 10.2. The first-order valence-electron chi connectivity index (χ1n) is 4.25. The van der Waals surface area contributed by atoms with Gasteiger partial charge in [-0.15, -0.1) is 0 Å². The molecule has 0 heterocycles. The molecule has 0 atom stereocenters. The quantitative estimate of drug-likeness (QED) is 0.310. The minimum atomic E-state index is 0.819. The zero-order chi connectivity index (χ0) is 8.36. The van der Waals surface area contributed by atoms with E-state index in [1.807, 2.05) is 0 Å². The fourth-order valence-corrected chi connectivity index (χ4v) is 0.874. The lowest BCUT2D eigenvalue weighted by Gasteiger charge is -1.98. The van der Waals surface area contributed by atoms with Crippen LogP contribution in [0.3, 0.4) is 0 Å². The van der Waals surface area contributed by atoms with Gasteiger partial charge in [0.25, 0.3) is 0 Å². The van der Waals surface area contributed by atoms with Crippen LogP contribution in [0.1, 0.15) is 32.6 Å². The number of unbranched alkanes of at least 4 members (excludes halogenated alkanes) is 3. The van der Waals surface area contributed by atoms with Crippen molar-refractivity contribution in [2.75, 3.05) is 6.61 Å². The van der Waals surface area contributed by atoms with Gasteiger partial charge in [-0.25, -0.2) is 0 Å². The second kappa shape index (κ2) is 9.28. The Morgan fingerprint density at radius 1 is 1.27 bits per heavy atom. The molecule has 0 saturated heterocycles. The predicted octanol–water partition coefficient (Wildman–Crippen LogP) is 3.28. The van der Waals surface area contributed by atoms with Crippen LogP contribution in [0.4, 0.5) is 0 Å². The molecule has 0 bridgehead atoms. The van der Waals surface area contributed by atoms with Crippen molar-refractivity contribution in [1.29, 1.82) is 0 Å². The van der Waals surface area contributed by atoms with Crippen LogP contribution >= 0.6 is 0 Å². The summed E-state index contributed by atoms with van der Waals surface area (Å²) in [6.07, 6.45) is 10.7. The van der Waals surface area contributed by atoms with Crippen molar-refractivity contribution in [2.24, 2.45) is 0 Å². The fraction of sp³-hybridized carbons (Fsp3) is 0.600. The van der Waals surface area contributed by atoms with Gasteiger partial charge in [0.05, 0.1) is 12.9 Å². The first-order chi connectivity index (χ1) is 5.41. The molecule has 0 N–H and O–H groups in total. The number of allylic oxidation sites excluding steroid dienone is 2. The lowest BCUT2D eigenvalue weighted by molar-refractivity contribution is 0.242. The van der Waals surface area contributed by atoms with Gasteiger partial charge in [0.15, 0.2) is 0 Å². The van der Waals surface area contributed by atoms with Crippen molar-refractivity contribution >= 4 is 0 Å². The Kier molecular flexibility index (Phi) is 8.67. The molecular formula is C10H18O. The van der Waals surface area contributed by atoms with E-state index in [1.54, 1.807) is 0 Å². The summed E-state index contributed by atoms with van der Waals surface area (Å²) >= 11 is 0. The van der Waals surface area contributed by atoms with Gasteiger partial charge >= 0.3 is 0 Å². The third-order valence-electron chi connectivity index (χ3n) is 1.49. The molecule has 1 heteroatoms. The monoisotopic (exact) mass is 154 g/mol. The van der Waals surface area contributed by atoms with Gasteiger partial charge in [0.1, 0.15) is 0 Å². The first-order valence-corrected chi connectivity index (χ1v) is 4.25. The molecular weight excluding hydrogens is 136 g/mol. The van der Waals surface area contributed by atoms with Crippen LogP contribution < -0.4 is 0 Å².